The topological polar surface area (TPSA) is 94.6 Å². The van der Waals surface area contributed by atoms with E-state index in [1.165, 1.54) is 12.8 Å². The van der Waals surface area contributed by atoms with Crippen LogP contribution in [0.25, 0.3) is 0 Å². The molecule has 0 bridgehead atoms. The fourth-order valence-corrected chi connectivity index (χ4v) is 3.00. The minimum Gasteiger partial charge on any atom is -0.397 e. The lowest BCUT2D eigenvalue weighted by molar-refractivity contribution is 0.0736. The smallest absolute Gasteiger partial charge is 0.0698 e. The Bertz CT molecular complexity index is 731. The van der Waals surface area contributed by atoms with Gasteiger partial charge in [-0.05, 0) is 51.1 Å². The Kier molecular flexibility index (Phi) is 17.8. The van der Waals surface area contributed by atoms with Crippen molar-refractivity contribution in [3.05, 3.63) is 54.1 Å². The van der Waals surface area contributed by atoms with Crippen LogP contribution in [0.4, 0.5) is 17.1 Å². The van der Waals surface area contributed by atoms with Crippen LogP contribution in [-0.4, -0.2) is 55.2 Å². The lowest BCUT2D eigenvalue weighted by atomic mass is 10.1. The van der Waals surface area contributed by atoms with Crippen LogP contribution >= 0.6 is 0 Å². The third-order valence-electron chi connectivity index (χ3n) is 4.43. The Morgan fingerprint density at radius 2 is 1.50 bits per heavy atom. The second kappa shape index (κ2) is 19.3. The van der Waals surface area contributed by atoms with Crippen molar-refractivity contribution in [2.45, 2.75) is 47.5 Å². The van der Waals surface area contributed by atoms with E-state index < -0.39 is 0 Å². The van der Waals surface area contributed by atoms with Gasteiger partial charge >= 0.3 is 0 Å². The van der Waals surface area contributed by atoms with Gasteiger partial charge in [-0.25, -0.2) is 0 Å². The molecule has 2 rings (SSSR count). The molecule has 0 aliphatic carbocycles. The van der Waals surface area contributed by atoms with E-state index in [-0.39, 0.29) is 6.61 Å². The molecule has 2 aromatic rings. The third-order valence-corrected chi connectivity index (χ3v) is 4.43. The fourth-order valence-electron chi connectivity index (χ4n) is 3.00. The lowest BCUT2D eigenvalue weighted by Gasteiger charge is -2.20. The van der Waals surface area contributed by atoms with E-state index in [9.17, 15) is 0 Å². The molecule has 0 saturated heterocycles. The average Bonchev–Trinajstić information content (AvgIpc) is 2.80. The molecule has 2 aromatic carbocycles. The Morgan fingerprint density at radius 1 is 0.938 bits per heavy atom. The van der Waals surface area contributed by atoms with Gasteiger partial charge < -0.3 is 31.2 Å². The van der Waals surface area contributed by atoms with E-state index in [0.717, 1.165) is 43.2 Å². The van der Waals surface area contributed by atoms with E-state index >= 15 is 0 Å². The van der Waals surface area contributed by atoms with Crippen LogP contribution in [0, 0.1) is 5.41 Å². The fraction of sp³-hybridized carbons (Fsp3) is 0.500. The highest BCUT2D eigenvalue weighted by molar-refractivity contribution is 6.02. The Balaban J connectivity index is 0.000000578. The quantitative estimate of drug-likeness (QED) is 0.196. The van der Waals surface area contributed by atoms with Gasteiger partial charge in [0.2, 0.25) is 0 Å². The van der Waals surface area contributed by atoms with Crippen LogP contribution in [0.3, 0.4) is 0 Å². The standard InChI is InChI=1S/C14H15N3.C10H23NO2.C2H6/c1-10(15)11-6-2-4-8-13(11)17-14-9-5-3-7-12(14)16;1-3-5-11(6-4-2)7-9-13-10-8-12;1-2/h2-9,15,17H,16H2,1H3;12H,3-10H2,1-2H3;1-2H3. The number of nitrogen functional groups attached to an aromatic ring is 1. The lowest BCUT2D eigenvalue weighted by Crippen LogP contribution is -2.29. The minimum atomic E-state index is 0.127. The number of hydrogen-bond acceptors (Lipinski definition) is 6. The van der Waals surface area contributed by atoms with Crippen molar-refractivity contribution in [1.82, 2.24) is 4.90 Å². The molecular formula is C26H44N4O2. The largest absolute Gasteiger partial charge is 0.397 e. The molecule has 0 saturated carbocycles. The molecule has 180 valence electrons. The highest BCUT2D eigenvalue weighted by Gasteiger charge is 2.05. The molecule has 0 unspecified atom stereocenters. The molecule has 0 spiro atoms. The van der Waals surface area contributed by atoms with E-state index in [1.54, 1.807) is 6.92 Å². The van der Waals surface area contributed by atoms with Crippen LogP contribution in [0.2, 0.25) is 0 Å². The number of ether oxygens (including phenoxy) is 1. The molecule has 0 atom stereocenters. The van der Waals surface area contributed by atoms with Gasteiger partial charge in [0.25, 0.3) is 0 Å². The summed E-state index contributed by atoms with van der Waals surface area (Å²) in [5.74, 6) is 0. The number of nitrogens with one attached hydrogen (secondary N) is 2. The Labute approximate surface area is 195 Å². The Morgan fingerprint density at radius 3 is 2.03 bits per heavy atom. The molecule has 0 aliphatic rings. The Hall–Kier alpha value is -2.41. The molecule has 0 fully saturated rings. The number of anilines is 3. The summed E-state index contributed by atoms with van der Waals surface area (Å²) in [6.45, 7) is 14.8. The summed E-state index contributed by atoms with van der Waals surface area (Å²) < 4.78 is 5.21. The molecule has 0 radical (unpaired) electrons. The number of hydrogen-bond donors (Lipinski definition) is 4. The second-order valence-electron chi connectivity index (χ2n) is 7.06. The van der Waals surface area contributed by atoms with E-state index in [2.05, 4.69) is 24.1 Å². The highest BCUT2D eigenvalue weighted by Crippen LogP contribution is 2.25. The van der Waals surface area contributed by atoms with Gasteiger partial charge in [-0.1, -0.05) is 58.0 Å². The van der Waals surface area contributed by atoms with Crippen LogP contribution in [-0.2, 0) is 4.74 Å². The number of para-hydroxylation sites is 3. The number of nitrogens with two attached hydrogens (primary N) is 1. The summed E-state index contributed by atoms with van der Waals surface area (Å²) in [5.41, 5.74) is 9.76. The van der Waals surface area contributed by atoms with Gasteiger partial charge in [-0.2, -0.15) is 0 Å². The molecule has 0 aromatic heterocycles. The monoisotopic (exact) mass is 444 g/mol. The van der Waals surface area contributed by atoms with E-state index in [4.69, 9.17) is 21.0 Å². The van der Waals surface area contributed by atoms with Crippen molar-refractivity contribution in [1.29, 1.82) is 5.41 Å². The van der Waals surface area contributed by atoms with Crippen LogP contribution in [0.15, 0.2) is 48.5 Å². The molecular weight excluding hydrogens is 400 g/mol. The van der Waals surface area contributed by atoms with Gasteiger partial charge in [0.05, 0.1) is 31.2 Å². The zero-order chi connectivity index (χ0) is 24.2. The maximum atomic E-state index is 8.50. The second-order valence-corrected chi connectivity index (χ2v) is 7.06. The van der Waals surface area contributed by atoms with Gasteiger partial charge in [-0.3, -0.25) is 0 Å². The molecule has 0 heterocycles. The van der Waals surface area contributed by atoms with Crippen molar-refractivity contribution in [2.75, 3.05) is 50.5 Å². The number of rotatable bonds is 12. The van der Waals surface area contributed by atoms with Gasteiger partial charge in [0, 0.05) is 23.5 Å². The number of aliphatic hydroxyl groups is 1. The predicted octanol–water partition coefficient (Wildman–Crippen LogP) is 5.54. The third kappa shape index (κ3) is 12.4. The summed E-state index contributed by atoms with van der Waals surface area (Å²) in [6.07, 6.45) is 2.39. The maximum Gasteiger partial charge on any atom is 0.0698 e. The molecule has 6 heteroatoms. The first-order valence-corrected chi connectivity index (χ1v) is 11.7. The number of aliphatic hydroxyl groups excluding tert-OH is 1. The maximum absolute atomic E-state index is 8.50. The van der Waals surface area contributed by atoms with Gasteiger partial charge in [0.1, 0.15) is 0 Å². The van der Waals surface area contributed by atoms with Crippen molar-refractivity contribution in [3.63, 3.8) is 0 Å². The van der Waals surface area contributed by atoms with Crippen molar-refractivity contribution in [3.8, 4) is 0 Å². The molecule has 6 nitrogen and oxygen atoms in total. The number of benzene rings is 2. The summed E-state index contributed by atoms with van der Waals surface area (Å²) in [5, 5.41) is 19.5. The first-order valence-electron chi connectivity index (χ1n) is 11.7. The zero-order valence-corrected chi connectivity index (χ0v) is 20.7. The van der Waals surface area contributed by atoms with Crippen LogP contribution in [0.1, 0.15) is 53.0 Å². The first-order chi connectivity index (χ1) is 15.5. The molecule has 5 N–H and O–H groups in total. The van der Waals surface area contributed by atoms with Crippen molar-refractivity contribution in [2.24, 2.45) is 0 Å². The predicted molar refractivity (Wildman–Crippen MR) is 139 cm³/mol. The highest BCUT2D eigenvalue weighted by atomic mass is 16.5. The van der Waals surface area contributed by atoms with Crippen LogP contribution < -0.4 is 11.1 Å². The van der Waals surface area contributed by atoms with Gasteiger partial charge in [0.15, 0.2) is 0 Å². The summed E-state index contributed by atoms with van der Waals surface area (Å²) in [6, 6.07) is 15.3. The molecule has 0 amide bonds. The molecule has 0 aliphatic heterocycles. The number of nitrogens with zero attached hydrogens (tertiary/aromatic N) is 1. The summed E-state index contributed by atoms with van der Waals surface area (Å²) in [7, 11) is 0. The first kappa shape index (κ1) is 29.6. The van der Waals surface area contributed by atoms with Crippen molar-refractivity contribution >= 4 is 22.8 Å². The van der Waals surface area contributed by atoms with Crippen molar-refractivity contribution < 1.29 is 9.84 Å². The SMILES string of the molecule is CC.CC(=N)c1ccccc1Nc1ccccc1N.CCCN(CCC)CCOCCO. The van der Waals surface area contributed by atoms with Gasteiger partial charge in [-0.15, -0.1) is 0 Å². The minimum absolute atomic E-state index is 0.127. The summed E-state index contributed by atoms with van der Waals surface area (Å²) >= 11 is 0. The normalized spacial score (nSPS) is 9.97. The molecule has 32 heavy (non-hydrogen) atoms. The van der Waals surface area contributed by atoms with E-state index in [1.807, 2.05) is 62.4 Å². The zero-order valence-electron chi connectivity index (χ0n) is 20.7. The van der Waals surface area contributed by atoms with E-state index in [0.29, 0.717) is 18.0 Å². The average molecular weight is 445 g/mol. The van der Waals surface area contributed by atoms with Crippen LogP contribution in [0.5, 0.6) is 0 Å². The summed E-state index contributed by atoms with van der Waals surface area (Å²) in [4.78, 5) is 2.40.